The predicted molar refractivity (Wildman–Crippen MR) is 59.7 cm³/mol. The summed E-state index contributed by atoms with van der Waals surface area (Å²) in [7, 11) is 1.67. The maximum Gasteiger partial charge on any atom is 0.225 e. The smallest absolute Gasteiger partial charge is 0.225 e. The Balaban J connectivity index is 4.74. The first-order valence-electron chi connectivity index (χ1n) is 5.01. The third-order valence-electron chi connectivity index (χ3n) is 2.78. The fourth-order valence-corrected chi connectivity index (χ4v) is 1.69. The number of hydrogen-bond donors (Lipinski definition) is 1. The van der Waals surface area contributed by atoms with Gasteiger partial charge in [0.1, 0.15) is 0 Å². The summed E-state index contributed by atoms with van der Waals surface area (Å²) in [5.41, 5.74) is -0.581. The summed E-state index contributed by atoms with van der Waals surface area (Å²) in [4.78, 5) is 11.7. The van der Waals surface area contributed by atoms with E-state index in [2.05, 4.69) is 11.2 Å². The molecule has 0 aliphatic rings. The molecule has 14 heavy (non-hydrogen) atoms. The van der Waals surface area contributed by atoms with Gasteiger partial charge in [0, 0.05) is 17.9 Å². The first-order chi connectivity index (χ1) is 6.31. The minimum absolute atomic E-state index is 0.0725. The quantitative estimate of drug-likeness (QED) is 0.685. The Morgan fingerprint density at radius 3 is 2.21 bits per heavy atom. The van der Waals surface area contributed by atoms with Gasteiger partial charge in [0.05, 0.1) is 0 Å². The fourth-order valence-electron chi connectivity index (χ4n) is 1.69. The van der Waals surface area contributed by atoms with Crippen LogP contribution in [-0.2, 0) is 4.79 Å². The molecule has 0 saturated carbocycles. The maximum atomic E-state index is 11.7. The van der Waals surface area contributed by atoms with Crippen LogP contribution in [0.25, 0.3) is 0 Å². The van der Waals surface area contributed by atoms with E-state index in [1.54, 1.807) is 7.05 Å². The molecule has 0 aromatic heterocycles. The van der Waals surface area contributed by atoms with E-state index in [1.807, 2.05) is 27.7 Å². The lowest BCUT2D eigenvalue weighted by Crippen LogP contribution is -2.39. The molecule has 0 spiro atoms. The van der Waals surface area contributed by atoms with Crippen molar-refractivity contribution in [3.05, 3.63) is 0 Å². The van der Waals surface area contributed by atoms with Gasteiger partial charge < -0.3 is 5.32 Å². The molecule has 1 N–H and O–H groups in total. The van der Waals surface area contributed by atoms with Gasteiger partial charge in [-0.25, -0.2) is 0 Å². The molecule has 0 aromatic rings. The molecule has 1 amide bonds. The Bertz CT molecular complexity index is 250. The van der Waals surface area contributed by atoms with Crippen LogP contribution in [0.2, 0.25) is 0 Å². The maximum absolute atomic E-state index is 11.7. The first kappa shape index (κ1) is 13.0. The molecule has 1 unspecified atom stereocenters. The Labute approximate surface area is 87.5 Å². The van der Waals surface area contributed by atoms with Crippen molar-refractivity contribution in [3.8, 4) is 12.3 Å². The minimum Gasteiger partial charge on any atom is -0.359 e. The van der Waals surface area contributed by atoms with Crippen molar-refractivity contribution < 1.29 is 4.79 Å². The Kier molecular flexibility index (Phi) is 4.19. The van der Waals surface area contributed by atoms with Crippen LogP contribution in [-0.4, -0.2) is 13.0 Å². The second-order valence-electron chi connectivity index (χ2n) is 4.70. The molecular formula is C12H21NO. The van der Waals surface area contributed by atoms with Crippen LogP contribution >= 0.6 is 0 Å². The van der Waals surface area contributed by atoms with Crippen LogP contribution in [0.3, 0.4) is 0 Å². The van der Waals surface area contributed by atoms with Crippen molar-refractivity contribution in [1.82, 2.24) is 5.32 Å². The highest BCUT2D eigenvalue weighted by Crippen LogP contribution is 2.36. The van der Waals surface area contributed by atoms with Crippen LogP contribution < -0.4 is 5.32 Å². The van der Waals surface area contributed by atoms with Gasteiger partial charge >= 0.3 is 0 Å². The van der Waals surface area contributed by atoms with Crippen molar-refractivity contribution >= 4 is 5.91 Å². The van der Waals surface area contributed by atoms with Gasteiger partial charge in [-0.1, -0.05) is 13.8 Å². The van der Waals surface area contributed by atoms with E-state index in [9.17, 15) is 4.79 Å². The van der Waals surface area contributed by atoms with Crippen molar-refractivity contribution in [2.45, 2.75) is 40.5 Å². The highest BCUT2D eigenvalue weighted by molar-refractivity contribution is 5.81. The van der Waals surface area contributed by atoms with E-state index >= 15 is 0 Å². The number of hydrogen-bond acceptors (Lipinski definition) is 1. The zero-order chi connectivity index (χ0) is 11.4. The highest BCUT2D eigenvalue weighted by Gasteiger charge is 2.35. The molecule has 2 heteroatoms. The van der Waals surface area contributed by atoms with E-state index in [0.717, 1.165) is 6.42 Å². The van der Waals surface area contributed by atoms with Gasteiger partial charge in [0.2, 0.25) is 5.91 Å². The van der Waals surface area contributed by atoms with Crippen LogP contribution in [0.4, 0.5) is 0 Å². The lowest BCUT2D eigenvalue weighted by atomic mass is 9.72. The summed E-state index contributed by atoms with van der Waals surface area (Å²) in [6.45, 7) is 7.96. The van der Waals surface area contributed by atoms with E-state index in [-0.39, 0.29) is 16.7 Å². The molecule has 0 fully saturated rings. The number of amides is 1. The second kappa shape index (κ2) is 4.50. The second-order valence-corrected chi connectivity index (χ2v) is 4.70. The van der Waals surface area contributed by atoms with Crippen molar-refractivity contribution in [1.29, 1.82) is 0 Å². The molecule has 0 radical (unpaired) electrons. The summed E-state index contributed by atoms with van der Waals surface area (Å²) in [5, 5.41) is 2.70. The molecule has 0 aromatic carbocycles. The SMILES string of the molecule is C#CC(C)(C)CC(C)(CC)C(=O)NC. The van der Waals surface area contributed by atoms with E-state index in [4.69, 9.17) is 6.42 Å². The molecule has 2 nitrogen and oxygen atoms in total. The van der Waals surface area contributed by atoms with Gasteiger partial charge in [-0.2, -0.15) is 0 Å². The summed E-state index contributed by atoms with van der Waals surface area (Å²) >= 11 is 0. The molecule has 0 saturated heterocycles. The molecule has 80 valence electrons. The van der Waals surface area contributed by atoms with Crippen molar-refractivity contribution in [2.24, 2.45) is 10.8 Å². The molecule has 0 bridgehead atoms. The first-order valence-corrected chi connectivity index (χ1v) is 5.01. The largest absolute Gasteiger partial charge is 0.359 e. The Morgan fingerprint density at radius 1 is 1.43 bits per heavy atom. The zero-order valence-corrected chi connectivity index (χ0v) is 9.90. The normalized spacial score (nSPS) is 15.4. The van der Waals surface area contributed by atoms with Crippen molar-refractivity contribution in [2.75, 3.05) is 7.05 Å². The number of terminal acetylenes is 1. The summed E-state index contributed by atoms with van der Waals surface area (Å²) in [6.07, 6.45) is 6.95. The lowest BCUT2D eigenvalue weighted by molar-refractivity contribution is -0.131. The highest BCUT2D eigenvalue weighted by atomic mass is 16.2. The van der Waals surface area contributed by atoms with E-state index in [0.29, 0.717) is 6.42 Å². The Hall–Kier alpha value is -0.970. The third kappa shape index (κ3) is 3.06. The average molecular weight is 195 g/mol. The monoisotopic (exact) mass is 195 g/mol. The molecule has 0 aliphatic carbocycles. The average Bonchev–Trinajstić information content (AvgIpc) is 2.15. The fraction of sp³-hybridized carbons (Fsp3) is 0.750. The van der Waals surface area contributed by atoms with E-state index in [1.165, 1.54) is 0 Å². The third-order valence-corrected chi connectivity index (χ3v) is 2.78. The summed E-state index contributed by atoms with van der Waals surface area (Å²) in [6, 6.07) is 0. The molecule has 0 rings (SSSR count). The summed E-state index contributed by atoms with van der Waals surface area (Å²) in [5.74, 6) is 2.80. The van der Waals surface area contributed by atoms with Gasteiger partial charge in [-0.15, -0.1) is 12.3 Å². The molecule has 0 aliphatic heterocycles. The topological polar surface area (TPSA) is 29.1 Å². The molecule has 1 atom stereocenters. The molecule has 0 heterocycles. The van der Waals surface area contributed by atoms with Gasteiger partial charge in [-0.3, -0.25) is 4.79 Å². The van der Waals surface area contributed by atoms with Crippen LogP contribution in [0, 0.1) is 23.2 Å². The summed E-state index contributed by atoms with van der Waals surface area (Å²) < 4.78 is 0. The van der Waals surface area contributed by atoms with Gasteiger partial charge in [-0.05, 0) is 26.7 Å². The number of carbonyl (C=O) groups excluding carboxylic acids is 1. The van der Waals surface area contributed by atoms with Crippen LogP contribution in [0.5, 0.6) is 0 Å². The predicted octanol–water partition coefficient (Wildman–Crippen LogP) is 2.20. The zero-order valence-electron chi connectivity index (χ0n) is 9.90. The molecular weight excluding hydrogens is 174 g/mol. The number of carbonyl (C=O) groups is 1. The minimum atomic E-state index is -0.357. The van der Waals surface area contributed by atoms with Crippen LogP contribution in [0.15, 0.2) is 0 Å². The lowest BCUT2D eigenvalue weighted by Gasteiger charge is -2.32. The Morgan fingerprint density at radius 2 is 1.93 bits per heavy atom. The van der Waals surface area contributed by atoms with E-state index < -0.39 is 0 Å². The number of rotatable bonds is 4. The van der Waals surface area contributed by atoms with Crippen LogP contribution in [0.1, 0.15) is 40.5 Å². The van der Waals surface area contributed by atoms with Gasteiger partial charge in [0.15, 0.2) is 0 Å². The van der Waals surface area contributed by atoms with Gasteiger partial charge in [0.25, 0.3) is 0 Å². The number of nitrogens with one attached hydrogen (secondary N) is 1. The standard InChI is InChI=1S/C12H21NO/c1-7-11(3,4)9-12(5,8-2)10(14)13-6/h1H,8-9H2,2-6H3,(H,13,14). The van der Waals surface area contributed by atoms with Crippen molar-refractivity contribution in [3.63, 3.8) is 0 Å².